The average molecular weight is 392 g/mol. The number of nitrogens with zero attached hydrogens (tertiary/aromatic N) is 1. The SMILES string of the molecule is O=c1ccc(Br)cn1CCNCc1cc(Br)cs1. The van der Waals surface area contributed by atoms with Crippen molar-refractivity contribution in [2.24, 2.45) is 0 Å². The van der Waals surface area contributed by atoms with Crippen LogP contribution in [0.5, 0.6) is 0 Å². The molecule has 0 aliphatic carbocycles. The summed E-state index contributed by atoms with van der Waals surface area (Å²) in [6, 6.07) is 5.43. The van der Waals surface area contributed by atoms with Crippen molar-refractivity contribution in [2.75, 3.05) is 6.54 Å². The van der Waals surface area contributed by atoms with Crippen LogP contribution in [0.1, 0.15) is 4.88 Å². The van der Waals surface area contributed by atoms with Gasteiger partial charge in [0.1, 0.15) is 0 Å². The zero-order valence-corrected chi connectivity index (χ0v) is 13.5. The molecule has 0 atom stereocenters. The van der Waals surface area contributed by atoms with Crippen molar-refractivity contribution in [2.45, 2.75) is 13.1 Å². The Kier molecular flexibility index (Phi) is 5.17. The quantitative estimate of drug-likeness (QED) is 0.794. The van der Waals surface area contributed by atoms with Crippen molar-refractivity contribution in [1.82, 2.24) is 9.88 Å². The van der Waals surface area contributed by atoms with E-state index in [1.54, 1.807) is 28.0 Å². The summed E-state index contributed by atoms with van der Waals surface area (Å²) >= 11 is 8.50. The summed E-state index contributed by atoms with van der Waals surface area (Å²) in [5.41, 5.74) is 0.0267. The second kappa shape index (κ2) is 6.65. The van der Waals surface area contributed by atoms with Gasteiger partial charge in [-0.2, -0.15) is 0 Å². The van der Waals surface area contributed by atoms with Crippen LogP contribution >= 0.6 is 43.2 Å². The van der Waals surface area contributed by atoms with Crippen LogP contribution in [0.3, 0.4) is 0 Å². The lowest BCUT2D eigenvalue weighted by Crippen LogP contribution is -2.25. The smallest absolute Gasteiger partial charge is 0.250 e. The Balaban J connectivity index is 1.82. The maximum atomic E-state index is 11.5. The van der Waals surface area contributed by atoms with E-state index in [1.807, 2.05) is 6.20 Å². The number of rotatable bonds is 5. The largest absolute Gasteiger partial charge is 0.313 e. The van der Waals surface area contributed by atoms with Gasteiger partial charge in [0.05, 0.1) is 0 Å². The van der Waals surface area contributed by atoms with E-state index >= 15 is 0 Å². The van der Waals surface area contributed by atoms with E-state index in [0.717, 1.165) is 22.0 Å². The fourth-order valence-electron chi connectivity index (χ4n) is 1.53. The number of thiophene rings is 1. The Labute approximate surface area is 126 Å². The van der Waals surface area contributed by atoms with Crippen molar-refractivity contribution in [3.8, 4) is 0 Å². The van der Waals surface area contributed by atoms with Gasteiger partial charge >= 0.3 is 0 Å². The zero-order chi connectivity index (χ0) is 13.0. The normalized spacial score (nSPS) is 10.8. The molecule has 2 heterocycles. The van der Waals surface area contributed by atoms with E-state index in [9.17, 15) is 4.79 Å². The molecule has 0 bridgehead atoms. The van der Waals surface area contributed by atoms with E-state index in [2.05, 4.69) is 48.6 Å². The van der Waals surface area contributed by atoms with Crippen LogP contribution < -0.4 is 10.9 Å². The molecule has 96 valence electrons. The fourth-order valence-corrected chi connectivity index (χ4v) is 3.33. The van der Waals surface area contributed by atoms with E-state index < -0.39 is 0 Å². The molecule has 0 unspecified atom stereocenters. The highest BCUT2D eigenvalue weighted by Crippen LogP contribution is 2.19. The molecule has 2 rings (SSSR count). The molecule has 0 aromatic carbocycles. The minimum atomic E-state index is 0.0267. The lowest BCUT2D eigenvalue weighted by molar-refractivity contribution is 0.587. The average Bonchev–Trinajstić information content (AvgIpc) is 2.75. The molecule has 0 spiro atoms. The van der Waals surface area contributed by atoms with Crippen molar-refractivity contribution < 1.29 is 0 Å². The Morgan fingerprint density at radius 1 is 1.28 bits per heavy atom. The fraction of sp³-hybridized carbons (Fsp3) is 0.250. The Hall–Kier alpha value is -0.430. The summed E-state index contributed by atoms with van der Waals surface area (Å²) in [7, 11) is 0. The molecule has 0 fully saturated rings. The third-order valence-corrected chi connectivity index (χ3v) is 4.56. The van der Waals surface area contributed by atoms with Crippen LogP contribution in [0.2, 0.25) is 0 Å². The van der Waals surface area contributed by atoms with E-state index in [-0.39, 0.29) is 5.56 Å². The van der Waals surface area contributed by atoms with E-state index in [4.69, 9.17) is 0 Å². The maximum Gasteiger partial charge on any atom is 0.250 e. The van der Waals surface area contributed by atoms with Crippen LogP contribution in [-0.4, -0.2) is 11.1 Å². The molecule has 0 aliphatic heterocycles. The highest BCUT2D eigenvalue weighted by molar-refractivity contribution is 9.10. The molecule has 0 aliphatic rings. The predicted molar refractivity (Wildman–Crippen MR) is 82.1 cm³/mol. The number of pyridine rings is 1. The molecule has 6 heteroatoms. The second-order valence-corrected chi connectivity index (χ2v) is 6.61. The minimum absolute atomic E-state index is 0.0267. The second-order valence-electron chi connectivity index (χ2n) is 3.79. The number of nitrogens with one attached hydrogen (secondary N) is 1. The molecular formula is C12H12Br2N2OS. The highest BCUT2D eigenvalue weighted by Gasteiger charge is 1.99. The van der Waals surface area contributed by atoms with Gasteiger partial charge < -0.3 is 9.88 Å². The van der Waals surface area contributed by atoms with Crippen LogP contribution in [0.4, 0.5) is 0 Å². The molecular weight excluding hydrogens is 380 g/mol. The van der Waals surface area contributed by atoms with Gasteiger partial charge in [-0.3, -0.25) is 4.79 Å². The summed E-state index contributed by atoms with van der Waals surface area (Å²) in [5, 5.41) is 5.39. The molecule has 1 N–H and O–H groups in total. The highest BCUT2D eigenvalue weighted by atomic mass is 79.9. The number of halogens is 2. The van der Waals surface area contributed by atoms with Gasteiger partial charge in [-0.25, -0.2) is 0 Å². The third kappa shape index (κ3) is 4.05. The number of aromatic nitrogens is 1. The van der Waals surface area contributed by atoms with Gasteiger partial charge in [-0.1, -0.05) is 0 Å². The summed E-state index contributed by atoms with van der Waals surface area (Å²) in [6.07, 6.45) is 1.81. The Morgan fingerprint density at radius 2 is 2.11 bits per heavy atom. The van der Waals surface area contributed by atoms with Crippen molar-refractivity contribution in [1.29, 1.82) is 0 Å². The number of hydrogen-bond donors (Lipinski definition) is 1. The first-order chi connectivity index (χ1) is 8.65. The van der Waals surface area contributed by atoms with Crippen LogP contribution in [0, 0.1) is 0 Å². The first-order valence-electron chi connectivity index (χ1n) is 5.45. The van der Waals surface area contributed by atoms with Gasteiger partial charge in [-0.15, -0.1) is 11.3 Å². The van der Waals surface area contributed by atoms with Crippen LogP contribution in [-0.2, 0) is 13.1 Å². The molecule has 0 saturated heterocycles. The number of hydrogen-bond acceptors (Lipinski definition) is 3. The van der Waals surface area contributed by atoms with Gasteiger partial charge in [-0.05, 0) is 44.0 Å². The Bertz CT molecular complexity index is 579. The van der Waals surface area contributed by atoms with Gasteiger partial charge in [0.15, 0.2) is 0 Å². The first-order valence-corrected chi connectivity index (χ1v) is 7.91. The summed E-state index contributed by atoms with van der Waals surface area (Å²) in [4.78, 5) is 12.8. The van der Waals surface area contributed by atoms with Gasteiger partial charge in [0, 0.05) is 51.1 Å². The topological polar surface area (TPSA) is 34.0 Å². The zero-order valence-electron chi connectivity index (χ0n) is 9.53. The molecule has 2 aromatic heterocycles. The van der Waals surface area contributed by atoms with Gasteiger partial charge in [0.25, 0.3) is 5.56 Å². The van der Waals surface area contributed by atoms with Crippen LogP contribution in [0.25, 0.3) is 0 Å². The monoisotopic (exact) mass is 390 g/mol. The summed E-state index contributed by atoms with van der Waals surface area (Å²) in [6.45, 7) is 2.27. The van der Waals surface area contributed by atoms with E-state index in [1.165, 1.54) is 4.88 Å². The molecule has 18 heavy (non-hydrogen) atoms. The van der Waals surface area contributed by atoms with Crippen molar-refractivity contribution >= 4 is 43.2 Å². The van der Waals surface area contributed by atoms with Crippen LogP contribution in [0.15, 0.2) is 43.5 Å². The van der Waals surface area contributed by atoms with E-state index in [0.29, 0.717) is 6.54 Å². The van der Waals surface area contributed by atoms with Crippen molar-refractivity contribution in [3.05, 3.63) is 54.0 Å². The van der Waals surface area contributed by atoms with Crippen molar-refractivity contribution in [3.63, 3.8) is 0 Å². The molecule has 0 amide bonds. The molecule has 0 radical (unpaired) electrons. The third-order valence-electron chi connectivity index (χ3n) is 2.40. The Morgan fingerprint density at radius 3 is 2.83 bits per heavy atom. The summed E-state index contributed by atoms with van der Waals surface area (Å²) in [5.74, 6) is 0. The maximum absolute atomic E-state index is 11.5. The molecule has 0 saturated carbocycles. The molecule has 3 nitrogen and oxygen atoms in total. The predicted octanol–water partition coefficient (Wildman–Crippen LogP) is 3.22. The summed E-state index contributed by atoms with van der Waals surface area (Å²) < 4.78 is 3.73. The molecule has 2 aromatic rings. The van der Waals surface area contributed by atoms with Gasteiger partial charge in [0.2, 0.25) is 0 Å². The standard InChI is InChI=1S/C12H12Br2N2OS/c13-9-1-2-12(17)16(7-9)4-3-15-6-11-5-10(14)8-18-11/h1-2,5,7-8,15H,3-4,6H2. The lowest BCUT2D eigenvalue weighted by atomic mass is 10.4. The minimum Gasteiger partial charge on any atom is -0.313 e. The first kappa shape index (κ1) is 14.0. The lowest BCUT2D eigenvalue weighted by Gasteiger charge is -2.06.